The molecule has 0 aliphatic heterocycles. The standard InChI is InChI=1S/C10H12S2.4C9H10S2.C8H8S2.6C2H6/c1-10(2,3)9-6-8-7(12-9)4-5-11-8;2*1-5-4-10-9-6(2)7(3)11-8(5)9;1-5-4-8-9(10-5)6(2)7(3)11-8;1-3-7-6(2)9-8(11-7)4-5-10-9;1-5-6(2)10-7-3-4-9-8(5)7;6*1-2/h4-6H,1-3H3;3*4H,1-3H3;4-5H,3H2,1-2H3;3-4H,1-2H3;6*1-2H3. The molecular weight excluding hydrogens is 1180 g/mol. The van der Waals surface area contributed by atoms with E-state index < -0.39 is 0 Å². The van der Waals surface area contributed by atoms with Gasteiger partial charge in [0.05, 0.1) is 0 Å². The van der Waals surface area contributed by atoms with Crippen molar-refractivity contribution in [3.8, 4) is 0 Å². The molecule has 78 heavy (non-hydrogen) atoms. The minimum absolute atomic E-state index is 0.309. The fourth-order valence-corrected chi connectivity index (χ4v) is 21.2. The molecule has 0 aromatic carbocycles. The highest BCUT2D eigenvalue weighted by atomic mass is 32.1. The van der Waals surface area contributed by atoms with Gasteiger partial charge in [-0.05, 0) is 191 Å². The molecule has 0 atom stereocenters. The summed E-state index contributed by atoms with van der Waals surface area (Å²) in [5.41, 5.74) is 10.6. The summed E-state index contributed by atoms with van der Waals surface area (Å²) in [6.07, 6.45) is 1.18. The lowest BCUT2D eigenvalue weighted by atomic mass is 9.95. The first kappa shape index (κ1) is 74.0. The summed E-state index contributed by atoms with van der Waals surface area (Å²) >= 11 is 22.7. The third-order valence-corrected chi connectivity index (χ3v) is 26.9. The summed E-state index contributed by atoms with van der Waals surface area (Å²) in [6.45, 7) is 59.4. The van der Waals surface area contributed by atoms with E-state index in [9.17, 15) is 0 Å². The quantitative estimate of drug-likeness (QED) is 0.154. The Bertz CT molecular complexity index is 3370. The molecular formula is C66H96S12. The van der Waals surface area contributed by atoms with Gasteiger partial charge in [-0.3, -0.25) is 0 Å². The molecule has 0 radical (unpaired) electrons. The highest BCUT2D eigenvalue weighted by Crippen LogP contribution is 2.40. The number of rotatable bonds is 1. The Hall–Kier alpha value is -2.04. The SMILES string of the molecule is CC.CC.CC.CC.CC.CC.CC(C)(C)c1cc2sccc2s1.CCc1sc2ccsc2c1C.Cc1cc2sc(C)c(C)c2s1.Cc1sc2c(C)csc2c1C.Cc1sc2c(C)csc2c1C.Cc1sc2ccsc2c1C. The van der Waals surface area contributed by atoms with Crippen LogP contribution in [0.15, 0.2) is 57.2 Å². The van der Waals surface area contributed by atoms with Crippen LogP contribution in [0.5, 0.6) is 0 Å². The molecule has 12 aromatic heterocycles. The van der Waals surface area contributed by atoms with Crippen LogP contribution in [0.4, 0.5) is 0 Å². The van der Waals surface area contributed by atoms with Crippen LogP contribution >= 0.6 is 136 Å². The third-order valence-electron chi connectivity index (χ3n) is 11.6. The molecule has 12 heteroatoms. The van der Waals surface area contributed by atoms with Gasteiger partial charge in [-0.1, -0.05) is 111 Å². The maximum atomic E-state index is 2.32. The van der Waals surface area contributed by atoms with Crippen LogP contribution in [0.25, 0.3) is 56.4 Å². The smallest absolute Gasteiger partial charge is 0.0485 e. The van der Waals surface area contributed by atoms with Gasteiger partial charge < -0.3 is 0 Å². The van der Waals surface area contributed by atoms with Crippen LogP contribution in [-0.4, -0.2) is 0 Å². The third kappa shape index (κ3) is 19.5. The monoisotopic (exact) mass is 1270 g/mol. The lowest BCUT2D eigenvalue weighted by Crippen LogP contribution is -2.07. The molecule has 0 saturated heterocycles. The highest BCUT2D eigenvalue weighted by molar-refractivity contribution is 7.30. The van der Waals surface area contributed by atoms with Crippen molar-refractivity contribution < 1.29 is 0 Å². The van der Waals surface area contributed by atoms with E-state index in [-0.39, 0.29) is 0 Å². The summed E-state index contributed by atoms with van der Waals surface area (Å²) in [5, 5.41) is 11.0. The van der Waals surface area contributed by atoms with E-state index in [0.717, 1.165) is 0 Å². The molecule has 0 aliphatic rings. The van der Waals surface area contributed by atoms with Gasteiger partial charge in [0.15, 0.2) is 0 Å². The molecule has 0 fully saturated rings. The maximum Gasteiger partial charge on any atom is 0.0485 e. The van der Waals surface area contributed by atoms with Crippen molar-refractivity contribution in [3.63, 3.8) is 0 Å². The Balaban J connectivity index is 0.000000450. The summed E-state index contributed by atoms with van der Waals surface area (Å²) in [5.74, 6) is 0. The number of hydrogen-bond donors (Lipinski definition) is 0. The Morgan fingerprint density at radius 3 is 1.12 bits per heavy atom. The topological polar surface area (TPSA) is 0 Å². The van der Waals surface area contributed by atoms with Crippen molar-refractivity contribution in [2.75, 3.05) is 0 Å². The van der Waals surface area contributed by atoms with Gasteiger partial charge in [0, 0.05) is 90.5 Å². The highest BCUT2D eigenvalue weighted by Gasteiger charge is 2.17. The molecule has 12 rings (SSSR count). The van der Waals surface area contributed by atoms with Crippen LogP contribution in [0, 0.1) is 83.1 Å². The van der Waals surface area contributed by atoms with E-state index in [1.807, 2.05) is 219 Å². The van der Waals surface area contributed by atoms with Crippen LogP contribution in [0.1, 0.15) is 184 Å². The van der Waals surface area contributed by atoms with Crippen molar-refractivity contribution in [1.82, 2.24) is 0 Å². The zero-order valence-corrected chi connectivity index (χ0v) is 62.7. The van der Waals surface area contributed by atoms with Gasteiger partial charge in [-0.2, -0.15) is 0 Å². The summed E-state index contributed by atoms with van der Waals surface area (Å²) in [4.78, 5) is 10.3. The normalized spacial score (nSPS) is 10.1. The maximum absolute atomic E-state index is 2.32. The van der Waals surface area contributed by atoms with Crippen molar-refractivity contribution in [1.29, 1.82) is 0 Å². The summed E-state index contributed by atoms with van der Waals surface area (Å²) in [6, 6.07) is 11.2. The average Bonchev–Trinajstić information content (AvgIpc) is 4.30. The zero-order chi connectivity index (χ0) is 59.8. The van der Waals surface area contributed by atoms with Crippen LogP contribution < -0.4 is 0 Å². The van der Waals surface area contributed by atoms with E-state index in [0.29, 0.717) is 5.41 Å². The minimum atomic E-state index is 0.309. The van der Waals surface area contributed by atoms with E-state index in [1.54, 1.807) is 4.88 Å². The summed E-state index contributed by atoms with van der Waals surface area (Å²) < 4.78 is 17.7. The van der Waals surface area contributed by atoms with Crippen molar-refractivity contribution >= 4 is 192 Å². The molecule has 0 unspecified atom stereocenters. The van der Waals surface area contributed by atoms with E-state index in [2.05, 4.69) is 168 Å². The molecule has 0 aliphatic carbocycles. The first-order chi connectivity index (χ1) is 37.3. The Morgan fingerprint density at radius 2 is 0.718 bits per heavy atom. The first-order valence-corrected chi connectivity index (χ1v) is 38.1. The second-order valence-corrected chi connectivity index (χ2v) is 30.6. The van der Waals surface area contributed by atoms with Crippen LogP contribution in [0.2, 0.25) is 0 Å². The van der Waals surface area contributed by atoms with Gasteiger partial charge in [-0.15, -0.1) is 136 Å². The molecule has 12 heterocycles. The number of thiophene rings is 12. The second-order valence-electron chi connectivity index (χ2n) is 17.6. The van der Waals surface area contributed by atoms with Gasteiger partial charge in [0.2, 0.25) is 0 Å². The Morgan fingerprint density at radius 1 is 0.333 bits per heavy atom. The summed E-state index contributed by atoms with van der Waals surface area (Å²) in [7, 11) is 0. The van der Waals surface area contributed by atoms with E-state index >= 15 is 0 Å². The van der Waals surface area contributed by atoms with Crippen molar-refractivity contribution in [2.24, 2.45) is 0 Å². The largest absolute Gasteiger partial charge is 0.143 e. The Kier molecular flexibility index (Phi) is 35.3. The number of aryl methyl sites for hydroxylation is 13. The predicted molar refractivity (Wildman–Crippen MR) is 391 cm³/mol. The average molecular weight is 1270 g/mol. The van der Waals surface area contributed by atoms with Gasteiger partial charge in [0.1, 0.15) is 0 Å². The van der Waals surface area contributed by atoms with Crippen molar-refractivity contribution in [2.45, 2.75) is 206 Å². The van der Waals surface area contributed by atoms with E-state index in [4.69, 9.17) is 0 Å². The number of fused-ring (bicyclic) bond motifs is 6. The van der Waals surface area contributed by atoms with Crippen LogP contribution in [-0.2, 0) is 11.8 Å². The van der Waals surface area contributed by atoms with Gasteiger partial charge >= 0.3 is 0 Å². The number of hydrogen-bond acceptors (Lipinski definition) is 12. The molecule has 432 valence electrons. The van der Waals surface area contributed by atoms with Gasteiger partial charge in [-0.25, -0.2) is 0 Å². The molecule has 0 spiro atoms. The van der Waals surface area contributed by atoms with Crippen molar-refractivity contribution in [3.05, 3.63) is 130 Å². The fraction of sp³-hybridized carbons (Fsp3) is 0.455. The molecule has 0 bridgehead atoms. The van der Waals surface area contributed by atoms with Gasteiger partial charge in [0.25, 0.3) is 0 Å². The molecule has 0 amide bonds. The fourth-order valence-electron chi connectivity index (χ4n) is 7.16. The lowest BCUT2D eigenvalue weighted by molar-refractivity contribution is 0.604. The molecule has 0 nitrogen and oxygen atoms in total. The zero-order valence-electron chi connectivity index (χ0n) is 52.9. The van der Waals surface area contributed by atoms with Crippen LogP contribution in [0.3, 0.4) is 0 Å². The van der Waals surface area contributed by atoms with E-state index in [1.165, 1.54) is 131 Å². The lowest BCUT2D eigenvalue weighted by Gasteiger charge is -2.14. The Labute approximate surface area is 523 Å². The minimum Gasteiger partial charge on any atom is -0.143 e. The second kappa shape index (κ2) is 37.2. The molecule has 0 saturated carbocycles. The predicted octanol–water partition coefficient (Wildman–Crippen LogP) is 29.5. The first-order valence-electron chi connectivity index (χ1n) is 28.0. The molecule has 12 aromatic rings. The molecule has 0 N–H and O–H groups in total.